The van der Waals surface area contributed by atoms with Gasteiger partial charge in [0.05, 0.1) is 11.3 Å². The van der Waals surface area contributed by atoms with Crippen molar-refractivity contribution in [3.8, 4) is 6.07 Å². The number of nitrogens with one attached hydrogen (secondary N) is 1. The first kappa shape index (κ1) is 13.0. The molecule has 0 saturated heterocycles. The molecular formula is C12H16BrN3. The Morgan fingerprint density at radius 1 is 1.50 bits per heavy atom. The van der Waals surface area contributed by atoms with Crippen LogP contribution in [0.15, 0.2) is 22.7 Å². The van der Waals surface area contributed by atoms with Crippen molar-refractivity contribution in [3.05, 3.63) is 28.2 Å². The van der Waals surface area contributed by atoms with Crippen LogP contribution in [0.2, 0.25) is 0 Å². The van der Waals surface area contributed by atoms with Crippen LogP contribution in [0.3, 0.4) is 0 Å². The van der Waals surface area contributed by atoms with Gasteiger partial charge in [-0.25, -0.2) is 0 Å². The predicted octanol–water partition coefficient (Wildman–Crippen LogP) is 2.37. The predicted molar refractivity (Wildman–Crippen MR) is 70.7 cm³/mol. The summed E-state index contributed by atoms with van der Waals surface area (Å²) in [5.74, 6) is 0. The molecule has 1 N–H and O–H groups in total. The summed E-state index contributed by atoms with van der Waals surface area (Å²) in [5, 5.41) is 12.2. The van der Waals surface area contributed by atoms with Crippen LogP contribution in [0, 0.1) is 11.3 Å². The minimum absolute atomic E-state index is 0.703. The Hall–Kier alpha value is -1.05. The third kappa shape index (κ3) is 3.22. The zero-order chi connectivity index (χ0) is 12.0. The summed E-state index contributed by atoms with van der Waals surface area (Å²) in [7, 11) is 3.96. The molecule has 0 fully saturated rings. The zero-order valence-corrected chi connectivity index (χ0v) is 11.2. The molecule has 0 aliphatic heterocycles. The van der Waals surface area contributed by atoms with Crippen molar-refractivity contribution >= 4 is 21.6 Å². The van der Waals surface area contributed by atoms with Gasteiger partial charge in [-0.2, -0.15) is 5.26 Å². The molecule has 0 spiro atoms. The van der Waals surface area contributed by atoms with Gasteiger partial charge in [0.2, 0.25) is 0 Å². The van der Waals surface area contributed by atoms with E-state index in [9.17, 15) is 0 Å². The second kappa shape index (κ2) is 6.51. The van der Waals surface area contributed by atoms with E-state index in [-0.39, 0.29) is 0 Å². The van der Waals surface area contributed by atoms with E-state index in [1.54, 1.807) is 0 Å². The molecule has 0 aromatic heterocycles. The zero-order valence-electron chi connectivity index (χ0n) is 9.63. The van der Waals surface area contributed by atoms with Gasteiger partial charge in [0.1, 0.15) is 6.07 Å². The van der Waals surface area contributed by atoms with Crippen LogP contribution >= 0.6 is 15.9 Å². The van der Waals surface area contributed by atoms with Crippen molar-refractivity contribution in [1.82, 2.24) is 5.32 Å². The number of benzene rings is 1. The first-order chi connectivity index (χ1) is 7.70. The lowest BCUT2D eigenvalue weighted by Gasteiger charge is -2.20. The summed E-state index contributed by atoms with van der Waals surface area (Å²) < 4.78 is 0.855. The number of nitrogens with zero attached hydrogens (tertiary/aromatic N) is 2. The fraction of sp³-hybridized carbons (Fsp3) is 0.417. The Bertz CT molecular complexity index is 384. The fourth-order valence-electron chi connectivity index (χ4n) is 1.55. The Morgan fingerprint density at radius 2 is 2.25 bits per heavy atom. The summed E-state index contributed by atoms with van der Waals surface area (Å²) in [6.45, 7) is 1.92. The third-order valence-corrected chi connectivity index (χ3v) is 3.10. The number of hydrogen-bond acceptors (Lipinski definition) is 3. The van der Waals surface area contributed by atoms with Gasteiger partial charge >= 0.3 is 0 Å². The van der Waals surface area contributed by atoms with E-state index in [1.807, 2.05) is 32.3 Å². The molecule has 4 heteroatoms. The molecule has 3 nitrogen and oxygen atoms in total. The van der Waals surface area contributed by atoms with E-state index in [1.165, 1.54) is 0 Å². The molecule has 0 amide bonds. The maximum atomic E-state index is 9.10. The molecule has 0 saturated carbocycles. The van der Waals surface area contributed by atoms with Crippen LogP contribution in [0.25, 0.3) is 0 Å². The minimum Gasteiger partial charge on any atom is -0.373 e. The Kier molecular flexibility index (Phi) is 5.30. The van der Waals surface area contributed by atoms with Gasteiger partial charge in [-0.1, -0.05) is 6.07 Å². The molecule has 1 aromatic carbocycles. The van der Waals surface area contributed by atoms with Crippen molar-refractivity contribution in [2.75, 3.05) is 32.1 Å². The van der Waals surface area contributed by atoms with Crippen LogP contribution in [-0.2, 0) is 0 Å². The lowest BCUT2D eigenvalue weighted by atomic mass is 10.2. The lowest BCUT2D eigenvalue weighted by Crippen LogP contribution is -2.23. The molecule has 86 valence electrons. The van der Waals surface area contributed by atoms with Crippen molar-refractivity contribution in [2.45, 2.75) is 6.42 Å². The summed E-state index contributed by atoms with van der Waals surface area (Å²) >= 11 is 3.40. The molecule has 1 aromatic rings. The first-order valence-corrected chi connectivity index (χ1v) is 6.04. The van der Waals surface area contributed by atoms with Crippen molar-refractivity contribution in [1.29, 1.82) is 5.26 Å². The molecular weight excluding hydrogens is 266 g/mol. The maximum absolute atomic E-state index is 9.10. The van der Waals surface area contributed by atoms with E-state index in [4.69, 9.17) is 5.26 Å². The quantitative estimate of drug-likeness (QED) is 0.843. The number of anilines is 1. The van der Waals surface area contributed by atoms with E-state index in [2.05, 4.69) is 32.2 Å². The highest BCUT2D eigenvalue weighted by Crippen LogP contribution is 2.26. The van der Waals surface area contributed by atoms with E-state index in [0.29, 0.717) is 5.56 Å². The Labute approximate surface area is 105 Å². The summed E-state index contributed by atoms with van der Waals surface area (Å²) in [4.78, 5) is 2.11. The van der Waals surface area contributed by atoms with Gasteiger partial charge in [0.15, 0.2) is 0 Å². The van der Waals surface area contributed by atoms with Crippen molar-refractivity contribution in [2.24, 2.45) is 0 Å². The topological polar surface area (TPSA) is 39.1 Å². The van der Waals surface area contributed by atoms with Gasteiger partial charge in [-0.05, 0) is 48.1 Å². The fourth-order valence-corrected chi connectivity index (χ4v) is 2.00. The maximum Gasteiger partial charge on any atom is 0.103 e. The summed E-state index contributed by atoms with van der Waals surface area (Å²) in [6, 6.07) is 8.05. The van der Waals surface area contributed by atoms with Gasteiger partial charge < -0.3 is 10.2 Å². The Balaban J connectivity index is 2.79. The highest BCUT2D eigenvalue weighted by atomic mass is 79.9. The van der Waals surface area contributed by atoms with Crippen LogP contribution in [0.4, 0.5) is 5.69 Å². The highest BCUT2D eigenvalue weighted by Gasteiger charge is 2.09. The van der Waals surface area contributed by atoms with Gasteiger partial charge in [-0.3, -0.25) is 0 Å². The number of hydrogen-bond donors (Lipinski definition) is 1. The lowest BCUT2D eigenvalue weighted by molar-refractivity contribution is 0.712. The van der Waals surface area contributed by atoms with E-state index < -0.39 is 0 Å². The van der Waals surface area contributed by atoms with Gasteiger partial charge in [0, 0.05) is 18.1 Å². The molecule has 16 heavy (non-hydrogen) atoms. The SMILES string of the molecule is CNCCCN(C)c1cccc(Br)c1C#N. The van der Waals surface area contributed by atoms with E-state index in [0.717, 1.165) is 29.7 Å². The number of rotatable bonds is 5. The highest BCUT2D eigenvalue weighted by molar-refractivity contribution is 9.10. The largest absolute Gasteiger partial charge is 0.373 e. The monoisotopic (exact) mass is 281 g/mol. The summed E-state index contributed by atoms with van der Waals surface area (Å²) in [5.41, 5.74) is 1.68. The molecule has 1 rings (SSSR count). The first-order valence-electron chi connectivity index (χ1n) is 5.25. The molecule has 0 unspecified atom stereocenters. The molecule has 0 heterocycles. The minimum atomic E-state index is 0.703. The van der Waals surface area contributed by atoms with Crippen LogP contribution in [0.1, 0.15) is 12.0 Å². The molecule has 0 atom stereocenters. The van der Waals surface area contributed by atoms with Crippen LogP contribution in [0.5, 0.6) is 0 Å². The second-order valence-electron chi connectivity index (χ2n) is 3.62. The molecule has 0 aliphatic carbocycles. The van der Waals surface area contributed by atoms with Crippen molar-refractivity contribution < 1.29 is 0 Å². The average Bonchev–Trinajstić information content (AvgIpc) is 2.29. The summed E-state index contributed by atoms with van der Waals surface area (Å²) in [6.07, 6.45) is 1.06. The normalized spacial score (nSPS) is 9.88. The standard InChI is InChI=1S/C12H16BrN3/c1-15-7-4-8-16(2)12-6-3-5-11(13)10(12)9-14/h3,5-6,15H,4,7-8H2,1-2H3. The molecule has 0 aliphatic rings. The van der Waals surface area contributed by atoms with Crippen LogP contribution in [-0.4, -0.2) is 27.2 Å². The van der Waals surface area contributed by atoms with Gasteiger partial charge in [-0.15, -0.1) is 0 Å². The number of halogens is 1. The average molecular weight is 282 g/mol. The number of nitriles is 1. The second-order valence-corrected chi connectivity index (χ2v) is 4.48. The Morgan fingerprint density at radius 3 is 2.88 bits per heavy atom. The molecule has 0 radical (unpaired) electrons. The van der Waals surface area contributed by atoms with E-state index >= 15 is 0 Å². The third-order valence-electron chi connectivity index (χ3n) is 2.43. The van der Waals surface area contributed by atoms with Crippen molar-refractivity contribution in [3.63, 3.8) is 0 Å². The smallest absolute Gasteiger partial charge is 0.103 e. The molecule has 0 bridgehead atoms. The van der Waals surface area contributed by atoms with Gasteiger partial charge in [0.25, 0.3) is 0 Å². The van der Waals surface area contributed by atoms with Crippen LogP contribution < -0.4 is 10.2 Å².